The molecule has 2 N–H and O–H groups in total. The third kappa shape index (κ3) is 1.48. The minimum absolute atomic E-state index is 1.01. The highest BCUT2D eigenvalue weighted by Crippen LogP contribution is 2.20. The van der Waals surface area contributed by atoms with Gasteiger partial charge in [0.05, 0.1) is 12.6 Å². The standard InChI is InChI=1S/C15H16N3/c1-11-7-9-12(10-8-11)15-17(2)13-5-3-4-6-14(13)18(15)16/h3-10H,16H2,1-2H3/q+1. The van der Waals surface area contributed by atoms with Crippen LogP contribution < -0.4 is 10.4 Å². The molecular weight excluding hydrogens is 222 g/mol. The molecule has 0 fully saturated rings. The lowest BCUT2D eigenvalue weighted by atomic mass is 10.1. The van der Waals surface area contributed by atoms with Crippen LogP contribution in [0.5, 0.6) is 0 Å². The number of hydrogen-bond donors (Lipinski definition) is 1. The summed E-state index contributed by atoms with van der Waals surface area (Å²) in [5.74, 6) is 7.22. The summed E-state index contributed by atoms with van der Waals surface area (Å²) in [5, 5.41) is 0. The Kier molecular flexibility index (Phi) is 2.33. The van der Waals surface area contributed by atoms with Crippen molar-refractivity contribution in [3.8, 4) is 11.4 Å². The van der Waals surface area contributed by atoms with Crippen molar-refractivity contribution in [1.29, 1.82) is 0 Å². The molecule has 2 aromatic carbocycles. The van der Waals surface area contributed by atoms with Crippen molar-refractivity contribution < 1.29 is 4.57 Å². The molecule has 3 heteroatoms. The summed E-state index contributed by atoms with van der Waals surface area (Å²) in [5.41, 5.74) is 4.55. The van der Waals surface area contributed by atoms with E-state index in [0.29, 0.717) is 0 Å². The SMILES string of the molecule is Cc1ccc(-c2n(N)c3ccccc3[n+]2C)cc1. The van der Waals surface area contributed by atoms with E-state index in [2.05, 4.69) is 41.8 Å². The maximum absolute atomic E-state index is 6.21. The molecule has 0 aliphatic heterocycles. The number of fused-ring (bicyclic) bond motifs is 1. The molecule has 0 unspecified atom stereocenters. The van der Waals surface area contributed by atoms with E-state index in [1.54, 1.807) is 4.68 Å². The molecule has 18 heavy (non-hydrogen) atoms. The molecule has 3 rings (SSSR count). The van der Waals surface area contributed by atoms with Crippen LogP contribution in [0.15, 0.2) is 48.5 Å². The number of nitrogens with zero attached hydrogens (tertiary/aromatic N) is 2. The summed E-state index contributed by atoms with van der Waals surface area (Å²) in [7, 11) is 2.04. The molecule has 90 valence electrons. The lowest BCUT2D eigenvalue weighted by Gasteiger charge is -1.99. The van der Waals surface area contributed by atoms with Gasteiger partial charge in [-0.25, -0.2) is 4.57 Å². The van der Waals surface area contributed by atoms with Crippen molar-refractivity contribution in [2.45, 2.75) is 6.92 Å². The molecule has 0 radical (unpaired) electrons. The molecule has 0 saturated carbocycles. The van der Waals surface area contributed by atoms with Crippen molar-refractivity contribution >= 4 is 11.0 Å². The third-order valence-electron chi connectivity index (χ3n) is 3.36. The monoisotopic (exact) mass is 238 g/mol. The van der Waals surface area contributed by atoms with Gasteiger partial charge < -0.3 is 0 Å². The van der Waals surface area contributed by atoms with Gasteiger partial charge in [0.25, 0.3) is 0 Å². The predicted molar refractivity (Wildman–Crippen MR) is 73.4 cm³/mol. The van der Waals surface area contributed by atoms with Gasteiger partial charge in [0.15, 0.2) is 11.0 Å². The van der Waals surface area contributed by atoms with Crippen molar-refractivity contribution in [2.75, 3.05) is 5.84 Å². The highest BCUT2D eigenvalue weighted by molar-refractivity contribution is 5.76. The van der Waals surface area contributed by atoms with Gasteiger partial charge in [-0.1, -0.05) is 29.8 Å². The number of imidazole rings is 1. The van der Waals surface area contributed by atoms with E-state index >= 15 is 0 Å². The normalized spacial score (nSPS) is 11.0. The molecule has 0 bridgehead atoms. The van der Waals surface area contributed by atoms with E-state index in [9.17, 15) is 0 Å². The van der Waals surface area contributed by atoms with Crippen LogP contribution in [-0.4, -0.2) is 4.68 Å². The van der Waals surface area contributed by atoms with Crippen LogP contribution in [0.2, 0.25) is 0 Å². The number of aryl methyl sites for hydroxylation is 2. The number of hydrogen-bond acceptors (Lipinski definition) is 1. The Morgan fingerprint density at radius 3 is 2.33 bits per heavy atom. The fourth-order valence-corrected chi connectivity index (χ4v) is 2.38. The maximum Gasteiger partial charge on any atom is 0.312 e. The Labute approximate surface area is 106 Å². The van der Waals surface area contributed by atoms with Gasteiger partial charge in [0.2, 0.25) is 0 Å². The topological polar surface area (TPSA) is 34.8 Å². The van der Waals surface area contributed by atoms with Gasteiger partial charge in [0.1, 0.15) is 0 Å². The Morgan fingerprint density at radius 2 is 1.67 bits per heavy atom. The average Bonchev–Trinajstić information content (AvgIpc) is 2.64. The Balaban J connectivity index is 2.32. The Bertz CT molecular complexity index is 669. The molecule has 1 aromatic heterocycles. The maximum atomic E-state index is 6.21. The first-order valence-electron chi connectivity index (χ1n) is 6.00. The molecule has 1 heterocycles. The lowest BCUT2D eigenvalue weighted by molar-refractivity contribution is -0.633. The summed E-state index contributed by atoms with van der Waals surface area (Å²) in [6.07, 6.45) is 0. The molecule has 0 saturated heterocycles. The largest absolute Gasteiger partial charge is 0.312 e. The highest BCUT2D eigenvalue weighted by atomic mass is 15.3. The van der Waals surface area contributed by atoms with Crippen molar-refractivity contribution in [3.05, 3.63) is 54.1 Å². The number of para-hydroxylation sites is 2. The summed E-state index contributed by atoms with van der Waals surface area (Å²) in [6.45, 7) is 2.09. The number of nitrogens with two attached hydrogens (primary N) is 1. The molecule has 0 atom stereocenters. The van der Waals surface area contributed by atoms with E-state index in [0.717, 1.165) is 22.4 Å². The zero-order chi connectivity index (χ0) is 12.7. The van der Waals surface area contributed by atoms with E-state index in [4.69, 9.17) is 5.84 Å². The van der Waals surface area contributed by atoms with Gasteiger partial charge in [-0.15, -0.1) is 4.68 Å². The summed E-state index contributed by atoms with van der Waals surface area (Å²) in [4.78, 5) is 0. The second kappa shape index (κ2) is 3.88. The van der Waals surface area contributed by atoms with Crippen LogP contribution in [0.25, 0.3) is 22.4 Å². The second-order valence-electron chi connectivity index (χ2n) is 4.61. The third-order valence-corrected chi connectivity index (χ3v) is 3.36. The predicted octanol–water partition coefficient (Wildman–Crippen LogP) is 2.16. The molecule has 0 aliphatic carbocycles. The highest BCUT2D eigenvalue weighted by Gasteiger charge is 2.21. The first kappa shape index (κ1) is 10.8. The smallest absolute Gasteiger partial charge is 0.268 e. The van der Waals surface area contributed by atoms with Crippen molar-refractivity contribution in [2.24, 2.45) is 7.05 Å². The van der Waals surface area contributed by atoms with Crippen molar-refractivity contribution in [1.82, 2.24) is 4.68 Å². The van der Waals surface area contributed by atoms with Crippen LogP contribution in [0.4, 0.5) is 0 Å². The molecular formula is C15H16N3+. The molecule has 0 amide bonds. The van der Waals surface area contributed by atoms with Crippen LogP contribution in [0.3, 0.4) is 0 Å². The molecule has 3 nitrogen and oxygen atoms in total. The first-order chi connectivity index (χ1) is 8.68. The molecule has 0 aliphatic rings. The minimum Gasteiger partial charge on any atom is -0.268 e. The van der Waals surface area contributed by atoms with E-state index < -0.39 is 0 Å². The zero-order valence-corrected chi connectivity index (χ0v) is 10.6. The summed E-state index contributed by atoms with van der Waals surface area (Å²) < 4.78 is 3.88. The number of benzene rings is 2. The number of nitrogen functional groups attached to an aromatic ring is 1. The van der Waals surface area contributed by atoms with E-state index in [-0.39, 0.29) is 0 Å². The van der Waals surface area contributed by atoms with Crippen LogP contribution in [0, 0.1) is 6.92 Å². The Hall–Kier alpha value is -2.29. The molecule has 0 spiro atoms. The fourth-order valence-electron chi connectivity index (χ4n) is 2.38. The first-order valence-corrected chi connectivity index (χ1v) is 6.00. The summed E-state index contributed by atoms with van der Waals surface area (Å²) in [6, 6.07) is 16.6. The average molecular weight is 238 g/mol. The van der Waals surface area contributed by atoms with Gasteiger partial charge >= 0.3 is 5.82 Å². The minimum atomic E-state index is 1.01. The van der Waals surface area contributed by atoms with Gasteiger partial charge in [-0.3, -0.25) is 5.84 Å². The van der Waals surface area contributed by atoms with Gasteiger partial charge in [-0.2, -0.15) is 0 Å². The van der Waals surface area contributed by atoms with Crippen LogP contribution in [-0.2, 0) is 7.05 Å². The van der Waals surface area contributed by atoms with Crippen molar-refractivity contribution in [3.63, 3.8) is 0 Å². The van der Waals surface area contributed by atoms with Gasteiger partial charge in [-0.05, 0) is 31.2 Å². The van der Waals surface area contributed by atoms with E-state index in [1.807, 2.05) is 25.2 Å². The summed E-state index contributed by atoms with van der Waals surface area (Å²) >= 11 is 0. The molecule has 3 aromatic rings. The van der Waals surface area contributed by atoms with E-state index in [1.165, 1.54) is 5.56 Å². The zero-order valence-electron chi connectivity index (χ0n) is 10.6. The number of aromatic nitrogens is 2. The fraction of sp³-hybridized carbons (Fsp3) is 0.133. The van der Waals surface area contributed by atoms with Gasteiger partial charge in [0, 0.05) is 0 Å². The van der Waals surface area contributed by atoms with Crippen LogP contribution >= 0.6 is 0 Å². The quantitative estimate of drug-likeness (QED) is 0.511. The Morgan fingerprint density at radius 1 is 1.00 bits per heavy atom. The second-order valence-corrected chi connectivity index (χ2v) is 4.61. The lowest BCUT2D eigenvalue weighted by Crippen LogP contribution is -2.31. The van der Waals surface area contributed by atoms with Crippen LogP contribution in [0.1, 0.15) is 5.56 Å². The number of rotatable bonds is 1.